The van der Waals surface area contributed by atoms with Crippen molar-refractivity contribution in [3.05, 3.63) is 36.4 Å². The first-order valence-electron chi connectivity index (χ1n) is 14.2. The predicted octanol–water partition coefficient (Wildman–Crippen LogP) is 3.25. The zero-order valence-corrected chi connectivity index (χ0v) is 22.8. The number of ketones is 1. The van der Waals surface area contributed by atoms with Crippen molar-refractivity contribution < 1.29 is 46.4 Å². The highest BCUT2D eigenvalue weighted by atomic mass is 32.2. The Morgan fingerprint density at radius 3 is 2.34 bits per heavy atom. The van der Waals surface area contributed by atoms with Crippen LogP contribution in [0, 0.1) is 40.4 Å². The molecule has 214 valence electrons. The zero-order chi connectivity index (χ0) is 28.5. The molecular weight excluding hydrogens is 552 g/mol. The standard InChI is InChI=1S/C30H28O10S/c31-23-17-5-14-6-18(23)12-29(10-14,11-17)26(32)39-24-19-9-22-25(24)40-28(34)30(22,13-19)27(33)38-20-3-1-16-8-21(41(35,36)37)4-2-15(16)7-20/h1-4,7-8,14,17-19,22,24-25H,5-6,9-13H2,(H,35,36,37). The van der Waals surface area contributed by atoms with E-state index in [2.05, 4.69) is 0 Å². The molecule has 6 saturated carbocycles. The molecule has 11 heteroatoms. The Labute approximate surface area is 235 Å². The number of carbonyl (C=O) groups is 4. The first-order valence-corrected chi connectivity index (χ1v) is 15.6. The molecule has 2 aromatic carbocycles. The first-order chi connectivity index (χ1) is 19.5. The lowest BCUT2D eigenvalue weighted by molar-refractivity contribution is -0.186. The van der Waals surface area contributed by atoms with E-state index in [4.69, 9.17) is 14.2 Å². The molecule has 1 N–H and O–H groups in total. The summed E-state index contributed by atoms with van der Waals surface area (Å²) >= 11 is 0. The topological polar surface area (TPSA) is 150 Å². The molecule has 2 aromatic rings. The van der Waals surface area contributed by atoms with E-state index in [-0.39, 0.29) is 40.8 Å². The van der Waals surface area contributed by atoms with Crippen LogP contribution >= 0.6 is 0 Å². The molecule has 10 nitrogen and oxygen atoms in total. The third-order valence-electron chi connectivity index (χ3n) is 10.9. The Hall–Kier alpha value is -3.31. The first kappa shape index (κ1) is 25.4. The number of esters is 3. The van der Waals surface area contributed by atoms with Crippen LogP contribution in [0.3, 0.4) is 0 Å². The van der Waals surface area contributed by atoms with Crippen molar-refractivity contribution in [2.45, 2.75) is 62.0 Å². The van der Waals surface area contributed by atoms with E-state index in [0.717, 1.165) is 19.3 Å². The van der Waals surface area contributed by atoms with Crippen LogP contribution in [0.5, 0.6) is 5.75 Å². The fourth-order valence-corrected chi connectivity index (χ4v) is 9.82. The molecule has 0 amide bonds. The van der Waals surface area contributed by atoms with Gasteiger partial charge in [0.2, 0.25) is 0 Å². The summed E-state index contributed by atoms with van der Waals surface area (Å²) in [4.78, 5) is 52.7. The van der Waals surface area contributed by atoms with Crippen molar-refractivity contribution in [2.75, 3.05) is 0 Å². The lowest BCUT2D eigenvalue weighted by Gasteiger charge is -2.54. The van der Waals surface area contributed by atoms with Gasteiger partial charge in [-0.1, -0.05) is 12.1 Å². The average molecular weight is 581 g/mol. The Balaban J connectivity index is 0.996. The highest BCUT2D eigenvalue weighted by Gasteiger charge is 2.76. The van der Waals surface area contributed by atoms with E-state index < -0.39 is 51.0 Å². The maximum Gasteiger partial charge on any atom is 0.329 e. The Morgan fingerprint density at radius 1 is 0.902 bits per heavy atom. The Kier molecular flexibility index (Phi) is 5.05. The van der Waals surface area contributed by atoms with Gasteiger partial charge in [0.05, 0.1) is 10.3 Å². The maximum absolute atomic E-state index is 13.6. The second-order valence-electron chi connectivity index (χ2n) is 13.1. The van der Waals surface area contributed by atoms with Gasteiger partial charge in [0, 0.05) is 23.7 Å². The summed E-state index contributed by atoms with van der Waals surface area (Å²) in [5.74, 6) is -1.56. The number of ether oxygens (including phenoxy) is 3. The molecule has 6 aliphatic carbocycles. The molecule has 7 fully saturated rings. The fraction of sp³-hybridized carbons (Fsp3) is 0.533. The van der Waals surface area contributed by atoms with Crippen LogP contribution in [0.1, 0.15) is 44.9 Å². The van der Waals surface area contributed by atoms with Crippen molar-refractivity contribution in [3.8, 4) is 5.75 Å². The number of rotatable bonds is 5. The Bertz CT molecular complexity index is 1660. The molecule has 0 spiro atoms. The van der Waals surface area contributed by atoms with Crippen molar-refractivity contribution in [2.24, 2.45) is 40.4 Å². The highest BCUT2D eigenvalue weighted by molar-refractivity contribution is 7.85. The number of Topliss-reactive ketones (excluding diaryl/α,β-unsaturated/α-hetero) is 1. The van der Waals surface area contributed by atoms with Gasteiger partial charge in [0.1, 0.15) is 23.7 Å². The minimum Gasteiger partial charge on any atom is -0.458 e. The number of benzene rings is 2. The number of fused-ring (bicyclic) bond motifs is 2. The molecule has 6 bridgehead atoms. The van der Waals surface area contributed by atoms with Gasteiger partial charge in [-0.15, -0.1) is 0 Å². The lowest BCUT2D eigenvalue weighted by atomic mass is 9.49. The second kappa shape index (κ2) is 8.16. The minimum atomic E-state index is -4.36. The average Bonchev–Trinajstić information content (AvgIpc) is 3.53. The SMILES string of the molecule is O=C1C2CC3CC1CC(C(=O)OC1C4CC5C1OC(=O)C5(C(=O)Oc1ccc5cc(S(=O)(=O)O)ccc5c1)C4)(C3)C2. The van der Waals surface area contributed by atoms with Crippen LogP contribution in [0.15, 0.2) is 41.3 Å². The quantitative estimate of drug-likeness (QED) is 0.242. The molecule has 0 radical (unpaired) electrons. The molecule has 41 heavy (non-hydrogen) atoms. The number of carbonyl (C=O) groups excluding carboxylic acids is 4. The van der Waals surface area contributed by atoms with Crippen molar-refractivity contribution >= 4 is 44.6 Å². The van der Waals surface area contributed by atoms with Gasteiger partial charge in [-0.3, -0.25) is 23.7 Å². The van der Waals surface area contributed by atoms with Crippen molar-refractivity contribution in [1.82, 2.24) is 0 Å². The summed E-state index contributed by atoms with van der Waals surface area (Å²) < 4.78 is 49.7. The Morgan fingerprint density at radius 2 is 1.61 bits per heavy atom. The lowest BCUT2D eigenvalue weighted by Crippen LogP contribution is -2.56. The van der Waals surface area contributed by atoms with Gasteiger partial charge in [0.25, 0.3) is 10.1 Å². The smallest absolute Gasteiger partial charge is 0.329 e. The van der Waals surface area contributed by atoms with Gasteiger partial charge in [-0.2, -0.15) is 8.42 Å². The maximum atomic E-state index is 13.6. The largest absolute Gasteiger partial charge is 0.458 e. The van der Waals surface area contributed by atoms with E-state index in [9.17, 15) is 32.1 Å². The van der Waals surface area contributed by atoms with E-state index in [1.165, 1.54) is 24.3 Å². The zero-order valence-electron chi connectivity index (χ0n) is 22.0. The molecule has 1 heterocycles. The predicted molar refractivity (Wildman–Crippen MR) is 139 cm³/mol. The van der Waals surface area contributed by atoms with Gasteiger partial charge >= 0.3 is 17.9 Å². The third kappa shape index (κ3) is 3.48. The molecule has 0 aromatic heterocycles. The van der Waals surface area contributed by atoms with Gasteiger partial charge in [-0.05, 0) is 85.9 Å². The second-order valence-corrected chi connectivity index (χ2v) is 14.5. The van der Waals surface area contributed by atoms with Crippen LogP contribution in [0.2, 0.25) is 0 Å². The van der Waals surface area contributed by atoms with Crippen molar-refractivity contribution in [1.29, 1.82) is 0 Å². The molecule has 1 saturated heterocycles. The normalized spacial score (nSPS) is 39.8. The van der Waals surface area contributed by atoms with Crippen LogP contribution in [0.4, 0.5) is 0 Å². The summed E-state index contributed by atoms with van der Waals surface area (Å²) in [5, 5.41) is 1.10. The number of hydrogen-bond acceptors (Lipinski definition) is 9. The summed E-state index contributed by atoms with van der Waals surface area (Å²) in [7, 11) is -4.36. The fourth-order valence-electron chi connectivity index (χ4n) is 9.30. The number of hydrogen-bond donors (Lipinski definition) is 1. The summed E-state index contributed by atoms with van der Waals surface area (Å²) in [6.07, 6.45) is 2.94. The van der Waals surface area contributed by atoms with Crippen molar-refractivity contribution in [3.63, 3.8) is 0 Å². The highest BCUT2D eigenvalue weighted by Crippen LogP contribution is 2.64. The monoisotopic (exact) mass is 580 g/mol. The molecule has 7 aliphatic rings. The van der Waals surface area contributed by atoms with Crippen LogP contribution < -0.4 is 4.74 Å². The molecular formula is C30H28O10S. The summed E-state index contributed by atoms with van der Waals surface area (Å²) in [6, 6.07) is 8.67. The minimum absolute atomic E-state index is 0.0552. The van der Waals surface area contributed by atoms with Gasteiger partial charge < -0.3 is 14.2 Å². The summed E-state index contributed by atoms with van der Waals surface area (Å²) in [6.45, 7) is 0. The van der Waals surface area contributed by atoms with Gasteiger partial charge in [0.15, 0.2) is 5.41 Å². The van der Waals surface area contributed by atoms with E-state index in [1.54, 1.807) is 12.1 Å². The molecule has 7 unspecified atom stereocenters. The van der Waals surface area contributed by atoms with Crippen LogP contribution in [-0.2, 0) is 38.8 Å². The van der Waals surface area contributed by atoms with Crippen LogP contribution in [-0.4, -0.2) is 48.9 Å². The third-order valence-corrected chi connectivity index (χ3v) is 11.7. The van der Waals surface area contributed by atoms with Gasteiger partial charge in [-0.25, -0.2) is 0 Å². The molecule has 9 rings (SSSR count). The molecule has 1 aliphatic heterocycles. The van der Waals surface area contributed by atoms with E-state index in [0.29, 0.717) is 41.7 Å². The van der Waals surface area contributed by atoms with E-state index >= 15 is 0 Å². The van der Waals surface area contributed by atoms with Crippen LogP contribution in [0.25, 0.3) is 10.8 Å². The summed E-state index contributed by atoms with van der Waals surface area (Å²) in [5.41, 5.74) is -2.10. The van der Waals surface area contributed by atoms with E-state index in [1.807, 2.05) is 0 Å². The molecule has 7 atom stereocenters.